The van der Waals surface area contributed by atoms with Crippen LogP contribution in [0.2, 0.25) is 0 Å². The van der Waals surface area contributed by atoms with Crippen molar-refractivity contribution in [2.45, 2.75) is 58.8 Å². The number of benzene rings is 1. The van der Waals surface area contributed by atoms with Crippen molar-refractivity contribution in [3.8, 4) is 0 Å². The van der Waals surface area contributed by atoms with Crippen molar-refractivity contribution < 1.29 is 0 Å². The van der Waals surface area contributed by atoms with Crippen molar-refractivity contribution in [2.24, 2.45) is 0 Å². The van der Waals surface area contributed by atoms with Gasteiger partial charge in [0.05, 0.1) is 0 Å². The van der Waals surface area contributed by atoms with Gasteiger partial charge in [-0.3, -0.25) is 0 Å². The maximum Gasteiger partial charge on any atom is -0.0130 e. The lowest BCUT2D eigenvalue weighted by atomic mass is 10.1. The summed E-state index contributed by atoms with van der Waals surface area (Å²) in [4.78, 5) is 0. The van der Waals surface area contributed by atoms with E-state index >= 15 is 0 Å². The predicted molar refractivity (Wildman–Crippen MR) is 81.7 cm³/mol. The first-order chi connectivity index (χ1) is 8.83. The van der Waals surface area contributed by atoms with E-state index in [1.54, 1.807) is 0 Å². The SMILES string of the molecule is CCCCCCCCC=C=Cc1cccc(C)c1. The average molecular weight is 242 g/mol. The minimum absolute atomic E-state index is 1.16. The standard InChI is InChI=1S/C18H26/c1-3-4-5-6-7-8-9-10-11-14-18-15-12-13-17(2)16-18/h10,12-16H,3-9H2,1-2H3. The highest BCUT2D eigenvalue weighted by Gasteiger charge is 1.88. The van der Waals surface area contributed by atoms with Crippen molar-refractivity contribution in [3.05, 3.63) is 47.2 Å². The van der Waals surface area contributed by atoms with E-state index in [0.29, 0.717) is 0 Å². The fourth-order valence-electron chi connectivity index (χ4n) is 2.03. The Balaban J connectivity index is 2.16. The van der Waals surface area contributed by atoms with Crippen molar-refractivity contribution >= 4 is 6.08 Å². The number of hydrogen-bond acceptors (Lipinski definition) is 0. The summed E-state index contributed by atoms with van der Waals surface area (Å²) in [5, 5.41) is 0. The molecule has 0 radical (unpaired) electrons. The molecule has 0 saturated heterocycles. The van der Waals surface area contributed by atoms with Crippen LogP contribution in [-0.2, 0) is 0 Å². The van der Waals surface area contributed by atoms with Crippen LogP contribution >= 0.6 is 0 Å². The Labute approximate surface area is 112 Å². The van der Waals surface area contributed by atoms with Crippen LogP contribution < -0.4 is 0 Å². The molecule has 0 aliphatic carbocycles. The molecule has 1 rings (SSSR count). The minimum Gasteiger partial charge on any atom is -0.125 e. The Hall–Kier alpha value is -1.26. The van der Waals surface area contributed by atoms with E-state index in [-0.39, 0.29) is 0 Å². The molecule has 0 N–H and O–H groups in total. The molecule has 1 aromatic carbocycles. The van der Waals surface area contributed by atoms with Gasteiger partial charge in [-0.05, 0) is 37.5 Å². The summed E-state index contributed by atoms with van der Waals surface area (Å²) in [6, 6.07) is 8.53. The highest BCUT2D eigenvalue weighted by Crippen LogP contribution is 2.08. The van der Waals surface area contributed by atoms with Crippen LogP contribution in [0.15, 0.2) is 36.1 Å². The van der Waals surface area contributed by atoms with Crippen LogP contribution in [0, 0.1) is 6.92 Å². The Bertz CT molecular complexity index is 381. The molecule has 0 unspecified atom stereocenters. The zero-order valence-corrected chi connectivity index (χ0v) is 11.9. The van der Waals surface area contributed by atoms with Crippen LogP contribution in [0.4, 0.5) is 0 Å². The molecule has 0 amide bonds. The Kier molecular flexibility index (Phi) is 8.01. The van der Waals surface area contributed by atoms with E-state index in [9.17, 15) is 0 Å². The molecule has 0 aromatic heterocycles. The number of aryl methyl sites for hydroxylation is 1. The molecular weight excluding hydrogens is 216 g/mol. The van der Waals surface area contributed by atoms with Crippen LogP contribution in [0.25, 0.3) is 6.08 Å². The Morgan fingerprint density at radius 1 is 1.06 bits per heavy atom. The van der Waals surface area contributed by atoms with Gasteiger partial charge in [0, 0.05) is 0 Å². The van der Waals surface area contributed by atoms with Gasteiger partial charge < -0.3 is 0 Å². The Morgan fingerprint density at radius 2 is 1.83 bits per heavy atom. The summed E-state index contributed by atoms with van der Waals surface area (Å²) >= 11 is 0. The zero-order valence-electron chi connectivity index (χ0n) is 11.9. The smallest absolute Gasteiger partial charge is 0.0130 e. The lowest BCUT2D eigenvalue weighted by Crippen LogP contribution is -1.77. The van der Waals surface area contributed by atoms with Gasteiger partial charge in [0.15, 0.2) is 0 Å². The van der Waals surface area contributed by atoms with Gasteiger partial charge in [-0.1, -0.05) is 68.9 Å². The average Bonchev–Trinajstić information content (AvgIpc) is 2.37. The van der Waals surface area contributed by atoms with Gasteiger partial charge >= 0.3 is 0 Å². The summed E-state index contributed by atoms with van der Waals surface area (Å²) in [7, 11) is 0. The van der Waals surface area contributed by atoms with Crippen LogP contribution in [-0.4, -0.2) is 0 Å². The first kappa shape index (κ1) is 14.8. The van der Waals surface area contributed by atoms with Gasteiger partial charge in [-0.25, -0.2) is 0 Å². The van der Waals surface area contributed by atoms with Gasteiger partial charge in [0.1, 0.15) is 0 Å². The predicted octanol–water partition coefficient (Wildman–Crippen LogP) is 5.91. The molecule has 0 fully saturated rings. The van der Waals surface area contributed by atoms with E-state index in [2.05, 4.69) is 56.0 Å². The molecule has 0 aliphatic heterocycles. The summed E-state index contributed by atoms with van der Waals surface area (Å²) in [6.45, 7) is 4.39. The first-order valence-corrected chi connectivity index (χ1v) is 7.30. The fraction of sp³-hybridized carbons (Fsp3) is 0.500. The van der Waals surface area contributed by atoms with Gasteiger partial charge in [0.25, 0.3) is 0 Å². The zero-order chi connectivity index (χ0) is 13.1. The van der Waals surface area contributed by atoms with Gasteiger partial charge in [0.2, 0.25) is 0 Å². The number of hydrogen-bond donors (Lipinski definition) is 0. The van der Waals surface area contributed by atoms with E-state index < -0.39 is 0 Å². The second kappa shape index (κ2) is 9.74. The summed E-state index contributed by atoms with van der Waals surface area (Å²) in [6.07, 6.45) is 13.6. The highest BCUT2D eigenvalue weighted by molar-refractivity contribution is 5.49. The maximum absolute atomic E-state index is 3.28. The van der Waals surface area contributed by atoms with Crippen LogP contribution in [0.3, 0.4) is 0 Å². The molecule has 0 aliphatic rings. The Morgan fingerprint density at radius 3 is 2.61 bits per heavy atom. The van der Waals surface area contributed by atoms with E-state index in [4.69, 9.17) is 0 Å². The fourth-order valence-corrected chi connectivity index (χ4v) is 2.03. The topological polar surface area (TPSA) is 0 Å². The lowest BCUT2D eigenvalue weighted by molar-refractivity contribution is 0.611. The van der Waals surface area contributed by atoms with E-state index in [1.807, 2.05) is 0 Å². The molecule has 0 saturated carbocycles. The number of allylic oxidation sites excluding steroid dienone is 1. The van der Waals surface area contributed by atoms with E-state index in [0.717, 1.165) is 6.42 Å². The summed E-state index contributed by atoms with van der Waals surface area (Å²) < 4.78 is 0. The second-order valence-electron chi connectivity index (χ2n) is 4.99. The highest BCUT2D eigenvalue weighted by atomic mass is 13.9. The summed E-state index contributed by atoms with van der Waals surface area (Å²) in [5.74, 6) is 0. The largest absolute Gasteiger partial charge is 0.125 e. The second-order valence-corrected chi connectivity index (χ2v) is 4.99. The molecule has 98 valence electrons. The molecule has 0 heteroatoms. The minimum atomic E-state index is 1.16. The van der Waals surface area contributed by atoms with Gasteiger partial charge in [-0.15, -0.1) is 5.73 Å². The molecular formula is C18H26. The van der Waals surface area contributed by atoms with Gasteiger partial charge in [-0.2, -0.15) is 0 Å². The molecule has 0 spiro atoms. The van der Waals surface area contributed by atoms with E-state index in [1.165, 1.54) is 49.7 Å². The third-order valence-corrected chi connectivity index (χ3v) is 3.11. The monoisotopic (exact) mass is 242 g/mol. The summed E-state index contributed by atoms with van der Waals surface area (Å²) in [5.41, 5.74) is 5.83. The number of rotatable bonds is 8. The van der Waals surface area contributed by atoms with Crippen molar-refractivity contribution in [1.82, 2.24) is 0 Å². The molecule has 0 bridgehead atoms. The quantitative estimate of drug-likeness (QED) is 0.392. The molecule has 0 nitrogen and oxygen atoms in total. The lowest BCUT2D eigenvalue weighted by Gasteiger charge is -1.96. The molecule has 0 heterocycles. The van der Waals surface area contributed by atoms with Crippen molar-refractivity contribution in [2.75, 3.05) is 0 Å². The number of unbranched alkanes of at least 4 members (excludes halogenated alkanes) is 6. The maximum atomic E-state index is 3.28. The third kappa shape index (κ3) is 7.14. The molecule has 0 atom stereocenters. The first-order valence-electron chi connectivity index (χ1n) is 7.30. The molecule has 18 heavy (non-hydrogen) atoms. The third-order valence-electron chi connectivity index (χ3n) is 3.11. The normalized spacial score (nSPS) is 9.89. The van der Waals surface area contributed by atoms with Crippen molar-refractivity contribution in [1.29, 1.82) is 0 Å². The van der Waals surface area contributed by atoms with Crippen LogP contribution in [0.5, 0.6) is 0 Å². The van der Waals surface area contributed by atoms with Crippen molar-refractivity contribution in [3.63, 3.8) is 0 Å². The molecule has 1 aromatic rings. The van der Waals surface area contributed by atoms with Crippen LogP contribution in [0.1, 0.15) is 63.0 Å².